The summed E-state index contributed by atoms with van der Waals surface area (Å²) in [5.41, 5.74) is 4.44. The number of sulfone groups is 1. The molecule has 0 fully saturated rings. The van der Waals surface area contributed by atoms with Gasteiger partial charge in [0, 0.05) is 15.9 Å². The summed E-state index contributed by atoms with van der Waals surface area (Å²) < 4.78 is 135. The number of methoxy groups -OCH3 is 1. The lowest BCUT2D eigenvalue weighted by Crippen LogP contribution is -2.26. The van der Waals surface area contributed by atoms with Crippen LogP contribution in [0.25, 0.3) is 22.3 Å². The molecule has 9 aromatic rings. The molecule has 17 heteroatoms. The first-order chi connectivity index (χ1) is 34.9. The van der Waals surface area contributed by atoms with Gasteiger partial charge in [0.2, 0.25) is 9.84 Å². The van der Waals surface area contributed by atoms with Gasteiger partial charge in [-0.2, -0.15) is 16.8 Å². The lowest BCUT2D eigenvalue weighted by molar-refractivity contribution is 0.415. The summed E-state index contributed by atoms with van der Waals surface area (Å²) in [6.45, 7) is 1.82. The smallest absolute Gasteiger partial charge is 0.298 e. The van der Waals surface area contributed by atoms with Gasteiger partial charge in [-0.15, -0.1) is 0 Å². The molecule has 368 valence electrons. The molecule has 0 radical (unpaired) electrons. The molecular formula is C56H43O13PS3. The van der Waals surface area contributed by atoms with E-state index in [0.29, 0.717) is 23.0 Å². The molecule has 0 aromatic heterocycles. The fourth-order valence-corrected chi connectivity index (χ4v) is 13.1. The Kier molecular flexibility index (Phi) is 14.0. The molecule has 0 saturated carbocycles. The molecule has 0 aliphatic rings. The highest BCUT2D eigenvalue weighted by Gasteiger charge is 2.33. The molecular weight excluding hydrogens is 1010 g/mol. The molecule has 9 aromatic carbocycles. The van der Waals surface area contributed by atoms with Crippen molar-refractivity contribution in [2.75, 3.05) is 7.11 Å². The molecule has 9 rings (SSSR count). The van der Waals surface area contributed by atoms with Crippen molar-refractivity contribution in [3.63, 3.8) is 0 Å². The Morgan fingerprint density at radius 2 is 0.767 bits per heavy atom. The molecule has 0 spiro atoms. The zero-order chi connectivity index (χ0) is 51.5. The number of aryl methyl sites for hydroxylation is 1. The van der Waals surface area contributed by atoms with E-state index in [2.05, 4.69) is 0 Å². The SMILES string of the molecule is COc1ccc(-c2ccc(Oc3ccc(S(=O)(=O)c4ccc(Oc5ccc(-c6ccc(Oc7ccc(P(=O)(c8ccc(C)cc8)c8cccc(S(=O)(=O)O)c8)cc7S(=O)(=O)O)cc6)cc5)cc4)cc3)cc2)cc1. The third kappa shape index (κ3) is 11.2. The van der Waals surface area contributed by atoms with Crippen molar-refractivity contribution in [2.45, 2.75) is 26.5 Å². The minimum Gasteiger partial charge on any atom is -0.497 e. The van der Waals surface area contributed by atoms with E-state index in [9.17, 15) is 34.4 Å². The largest absolute Gasteiger partial charge is 0.497 e. The van der Waals surface area contributed by atoms with Gasteiger partial charge < -0.3 is 23.5 Å². The Morgan fingerprint density at radius 1 is 0.384 bits per heavy atom. The maximum absolute atomic E-state index is 15.2. The van der Waals surface area contributed by atoms with Gasteiger partial charge in [-0.3, -0.25) is 9.11 Å². The van der Waals surface area contributed by atoms with Crippen LogP contribution < -0.4 is 34.9 Å². The van der Waals surface area contributed by atoms with Crippen molar-refractivity contribution in [1.82, 2.24) is 0 Å². The normalized spacial score (nSPS) is 12.6. The number of hydrogen-bond donors (Lipinski definition) is 2. The summed E-state index contributed by atoms with van der Waals surface area (Å²) in [5, 5.41) is 0.190. The van der Waals surface area contributed by atoms with Gasteiger partial charge in [0.1, 0.15) is 45.1 Å². The second-order valence-electron chi connectivity index (χ2n) is 16.6. The van der Waals surface area contributed by atoms with Gasteiger partial charge in [-0.1, -0.05) is 90.5 Å². The van der Waals surface area contributed by atoms with Gasteiger partial charge in [-0.25, -0.2) is 8.42 Å². The average molecular weight is 1050 g/mol. The third-order valence-electron chi connectivity index (χ3n) is 11.7. The summed E-state index contributed by atoms with van der Waals surface area (Å²) >= 11 is 0. The summed E-state index contributed by atoms with van der Waals surface area (Å²) in [4.78, 5) is -0.997. The molecule has 73 heavy (non-hydrogen) atoms. The van der Waals surface area contributed by atoms with Crippen molar-refractivity contribution < 1.29 is 57.9 Å². The van der Waals surface area contributed by atoms with Crippen LogP contribution in [-0.4, -0.2) is 41.5 Å². The minimum absolute atomic E-state index is 0.00459. The maximum Gasteiger partial charge on any atom is 0.298 e. The number of hydrogen-bond acceptors (Lipinski definition) is 11. The van der Waals surface area contributed by atoms with Crippen LogP contribution in [-0.2, 0) is 34.6 Å². The first-order valence-electron chi connectivity index (χ1n) is 22.2. The van der Waals surface area contributed by atoms with Crippen LogP contribution in [0.1, 0.15) is 5.56 Å². The molecule has 1 unspecified atom stereocenters. The summed E-state index contributed by atoms with van der Waals surface area (Å²) in [6, 6.07) is 56.6. The molecule has 0 heterocycles. The quantitative estimate of drug-likeness (QED) is 0.0685. The Morgan fingerprint density at radius 3 is 1.18 bits per heavy atom. The van der Waals surface area contributed by atoms with Crippen molar-refractivity contribution in [2.24, 2.45) is 0 Å². The number of ether oxygens (including phenoxy) is 4. The Labute approximate surface area is 422 Å². The highest BCUT2D eigenvalue weighted by atomic mass is 32.2. The summed E-state index contributed by atoms with van der Waals surface area (Å²) in [6.07, 6.45) is 0. The summed E-state index contributed by atoms with van der Waals surface area (Å²) in [5.74, 6) is 2.70. The van der Waals surface area contributed by atoms with Crippen LogP contribution in [0.15, 0.2) is 232 Å². The zero-order valence-electron chi connectivity index (χ0n) is 38.8. The third-order valence-corrected chi connectivity index (χ3v) is 18.3. The van der Waals surface area contributed by atoms with Crippen LogP contribution in [0.3, 0.4) is 0 Å². The maximum atomic E-state index is 15.2. The van der Waals surface area contributed by atoms with Gasteiger partial charge in [0.25, 0.3) is 20.2 Å². The van der Waals surface area contributed by atoms with Crippen LogP contribution in [0, 0.1) is 6.92 Å². The molecule has 1 atom stereocenters. The van der Waals surface area contributed by atoms with Crippen LogP contribution in [0.5, 0.6) is 40.2 Å². The molecule has 0 saturated heterocycles. The van der Waals surface area contributed by atoms with Crippen molar-refractivity contribution >= 4 is 53.1 Å². The monoisotopic (exact) mass is 1050 g/mol. The molecule has 0 aliphatic heterocycles. The van der Waals surface area contributed by atoms with E-state index >= 15 is 4.57 Å². The summed E-state index contributed by atoms with van der Waals surface area (Å²) in [7, 11) is -15.9. The molecule has 2 N–H and O–H groups in total. The van der Waals surface area contributed by atoms with Gasteiger partial charge in [-0.05, 0) is 157 Å². The van der Waals surface area contributed by atoms with E-state index in [1.54, 1.807) is 92.0 Å². The Hall–Kier alpha value is -7.82. The molecule has 0 aliphatic carbocycles. The number of benzene rings is 9. The van der Waals surface area contributed by atoms with Crippen molar-refractivity contribution in [1.29, 1.82) is 0 Å². The zero-order valence-corrected chi connectivity index (χ0v) is 42.1. The lowest BCUT2D eigenvalue weighted by Gasteiger charge is -2.22. The van der Waals surface area contributed by atoms with Crippen molar-refractivity contribution in [3.05, 3.63) is 218 Å². The highest BCUT2D eigenvalue weighted by molar-refractivity contribution is 7.91. The van der Waals surface area contributed by atoms with Crippen molar-refractivity contribution in [3.8, 4) is 62.5 Å². The number of rotatable bonds is 16. The van der Waals surface area contributed by atoms with Crippen LogP contribution in [0.2, 0.25) is 0 Å². The predicted octanol–water partition coefficient (Wildman–Crippen LogP) is 11.7. The molecule has 13 nitrogen and oxygen atoms in total. The van der Waals surface area contributed by atoms with Gasteiger partial charge in [0.15, 0.2) is 7.14 Å². The first-order valence-corrected chi connectivity index (χ1v) is 28.3. The van der Waals surface area contributed by atoms with E-state index in [4.69, 9.17) is 18.9 Å². The second-order valence-corrected chi connectivity index (χ2v) is 24.1. The van der Waals surface area contributed by atoms with Crippen LogP contribution >= 0.6 is 7.14 Å². The van der Waals surface area contributed by atoms with E-state index in [1.807, 2.05) is 67.6 Å². The standard InChI is InChI=1S/C56H43O13PS3/c1-38-6-28-49(29-7-38)70(57,50-4-3-5-54(36-50)72(60,61)62)51-30-35-55(56(37-51)73(63,64)65)69-48-22-14-42(15-23-48)41-12-20-45(21-13-41)68-47-26-33-53(34-27-47)71(58,59)52-31-24-46(25-32-52)67-44-18-10-40(11-19-44)39-8-16-43(66-2)17-9-39/h3-37H,1-2H3,(H,60,61,62)(H,63,64,65). The van der Waals surface area contributed by atoms with E-state index < -0.39 is 47.0 Å². The molecule has 0 bridgehead atoms. The van der Waals surface area contributed by atoms with Gasteiger partial charge in [0.05, 0.1) is 21.8 Å². The average Bonchev–Trinajstić information content (AvgIpc) is 3.39. The lowest BCUT2D eigenvalue weighted by atomic mass is 10.1. The van der Waals surface area contributed by atoms with E-state index in [0.717, 1.165) is 51.8 Å². The fraction of sp³-hybridized carbons (Fsp3) is 0.0357. The first kappa shape index (κ1) is 50.1. The molecule has 0 amide bonds. The van der Waals surface area contributed by atoms with E-state index in [1.165, 1.54) is 48.5 Å². The fourth-order valence-electron chi connectivity index (χ4n) is 7.86. The second kappa shape index (κ2) is 20.4. The Bertz CT molecular complexity index is 3850. The highest BCUT2D eigenvalue weighted by Crippen LogP contribution is 2.45. The Balaban J connectivity index is 0.848. The van der Waals surface area contributed by atoms with E-state index in [-0.39, 0.29) is 37.2 Å². The van der Waals surface area contributed by atoms with Crippen LogP contribution in [0.4, 0.5) is 0 Å². The topological polar surface area (TPSA) is 197 Å². The predicted molar refractivity (Wildman–Crippen MR) is 279 cm³/mol. The van der Waals surface area contributed by atoms with Gasteiger partial charge >= 0.3 is 0 Å². The minimum atomic E-state index is -4.98.